The fraction of sp³-hybridized carbons (Fsp3) is 0.500. The molecule has 0 fully saturated rings. The van der Waals surface area contributed by atoms with Gasteiger partial charge in [0, 0.05) is 6.54 Å². The smallest absolute Gasteiger partial charge is 0.395 e. The van der Waals surface area contributed by atoms with Crippen molar-refractivity contribution in [2.24, 2.45) is 0 Å². The Labute approximate surface area is 108 Å². The molecule has 1 rings (SSSR count). The Morgan fingerprint density at radius 1 is 1.32 bits per heavy atom. The minimum absolute atomic E-state index is 0.254. The van der Waals surface area contributed by atoms with Gasteiger partial charge in [-0.1, -0.05) is 6.07 Å². The van der Waals surface area contributed by atoms with Crippen molar-refractivity contribution < 1.29 is 27.8 Å². The number of alkyl halides is 3. The minimum Gasteiger partial charge on any atom is -0.395 e. The molecule has 7 heteroatoms. The number of rotatable bonds is 5. The number of halogens is 4. The van der Waals surface area contributed by atoms with Gasteiger partial charge < -0.3 is 15.1 Å². The van der Waals surface area contributed by atoms with E-state index in [1.165, 1.54) is 19.1 Å². The van der Waals surface area contributed by atoms with Crippen LogP contribution in [0.15, 0.2) is 18.2 Å². The summed E-state index contributed by atoms with van der Waals surface area (Å²) in [5, 5.41) is 18.0. The third-order valence-corrected chi connectivity index (χ3v) is 2.53. The van der Waals surface area contributed by atoms with E-state index >= 15 is 0 Å². The maximum atomic E-state index is 13.8. The first-order valence-corrected chi connectivity index (χ1v) is 5.64. The standard InChI is InChI=1S/C12H15F4NO2/c1-8(19)9-2-3-11(10(13)6-9)17(4-5-18)7-12(14,15)16/h2-3,6,8,18-19H,4-5,7H2,1H3. The average Bonchev–Trinajstić information content (AvgIpc) is 2.26. The zero-order chi connectivity index (χ0) is 14.6. The Balaban J connectivity index is 3.02. The molecule has 0 radical (unpaired) electrons. The zero-order valence-electron chi connectivity index (χ0n) is 10.3. The molecule has 0 heterocycles. The Kier molecular flexibility index (Phi) is 5.13. The van der Waals surface area contributed by atoms with E-state index in [4.69, 9.17) is 5.11 Å². The number of nitrogens with zero attached hydrogens (tertiary/aromatic N) is 1. The predicted octanol–water partition coefficient (Wildman–Crippen LogP) is 2.24. The van der Waals surface area contributed by atoms with Gasteiger partial charge in [0.05, 0.1) is 18.4 Å². The lowest BCUT2D eigenvalue weighted by molar-refractivity contribution is -0.119. The lowest BCUT2D eigenvalue weighted by atomic mass is 10.1. The number of aliphatic hydroxyl groups excluding tert-OH is 2. The lowest BCUT2D eigenvalue weighted by Crippen LogP contribution is -2.36. The van der Waals surface area contributed by atoms with Crippen molar-refractivity contribution in [3.63, 3.8) is 0 Å². The van der Waals surface area contributed by atoms with Crippen molar-refractivity contribution >= 4 is 5.69 Å². The number of hydrogen-bond acceptors (Lipinski definition) is 3. The molecule has 0 aliphatic carbocycles. The third kappa shape index (κ3) is 4.68. The Bertz CT molecular complexity index is 421. The highest BCUT2D eigenvalue weighted by Crippen LogP contribution is 2.26. The summed E-state index contributed by atoms with van der Waals surface area (Å²) >= 11 is 0. The quantitative estimate of drug-likeness (QED) is 0.814. The molecule has 1 atom stereocenters. The minimum atomic E-state index is -4.50. The van der Waals surface area contributed by atoms with Crippen LogP contribution in [0.1, 0.15) is 18.6 Å². The summed E-state index contributed by atoms with van der Waals surface area (Å²) in [6, 6.07) is 3.50. The SMILES string of the molecule is CC(O)c1ccc(N(CCO)CC(F)(F)F)c(F)c1. The highest BCUT2D eigenvalue weighted by molar-refractivity contribution is 5.49. The molecule has 0 aliphatic rings. The van der Waals surface area contributed by atoms with Gasteiger partial charge in [0.15, 0.2) is 0 Å². The summed E-state index contributed by atoms with van der Waals surface area (Å²) in [6.45, 7) is -0.772. The van der Waals surface area contributed by atoms with Crippen molar-refractivity contribution in [2.45, 2.75) is 19.2 Å². The molecule has 1 aromatic rings. The first-order chi connectivity index (χ1) is 8.74. The molecule has 0 aromatic heterocycles. The van der Waals surface area contributed by atoms with Crippen LogP contribution in [0.5, 0.6) is 0 Å². The normalized spacial score (nSPS) is 13.4. The number of hydrogen-bond donors (Lipinski definition) is 2. The van der Waals surface area contributed by atoms with E-state index in [9.17, 15) is 22.7 Å². The summed E-state index contributed by atoms with van der Waals surface area (Å²) in [7, 11) is 0. The van der Waals surface area contributed by atoms with Gasteiger partial charge in [0.1, 0.15) is 12.4 Å². The summed E-state index contributed by atoms with van der Waals surface area (Å²) in [4.78, 5) is 0.709. The van der Waals surface area contributed by atoms with Crippen molar-refractivity contribution in [1.82, 2.24) is 0 Å². The van der Waals surface area contributed by atoms with Crippen LogP contribution in [0.4, 0.5) is 23.2 Å². The number of aliphatic hydroxyl groups is 2. The van der Waals surface area contributed by atoms with E-state index in [0.717, 1.165) is 6.07 Å². The van der Waals surface area contributed by atoms with Gasteiger partial charge in [-0.3, -0.25) is 0 Å². The van der Waals surface area contributed by atoms with Crippen molar-refractivity contribution in [3.8, 4) is 0 Å². The van der Waals surface area contributed by atoms with Crippen molar-refractivity contribution in [1.29, 1.82) is 0 Å². The summed E-state index contributed by atoms with van der Waals surface area (Å²) in [5.41, 5.74) is 0.0213. The molecular formula is C12H15F4NO2. The van der Waals surface area contributed by atoms with Crippen LogP contribution in [-0.2, 0) is 0 Å². The molecular weight excluding hydrogens is 266 g/mol. The van der Waals surface area contributed by atoms with Crippen LogP contribution < -0.4 is 4.90 Å². The van der Waals surface area contributed by atoms with Gasteiger partial charge in [-0.05, 0) is 24.6 Å². The zero-order valence-corrected chi connectivity index (χ0v) is 10.3. The van der Waals surface area contributed by atoms with Crippen LogP contribution in [0.2, 0.25) is 0 Å². The fourth-order valence-corrected chi connectivity index (χ4v) is 1.66. The second-order valence-corrected chi connectivity index (χ2v) is 4.15. The molecule has 0 aliphatic heterocycles. The van der Waals surface area contributed by atoms with Gasteiger partial charge in [0.2, 0.25) is 0 Å². The van der Waals surface area contributed by atoms with Gasteiger partial charge in [-0.15, -0.1) is 0 Å². The number of anilines is 1. The molecule has 0 saturated heterocycles. The molecule has 1 unspecified atom stereocenters. The molecule has 0 bridgehead atoms. The molecule has 0 amide bonds. The monoisotopic (exact) mass is 281 g/mol. The van der Waals surface area contributed by atoms with Crippen LogP contribution in [-0.4, -0.2) is 36.1 Å². The van der Waals surface area contributed by atoms with E-state index in [1.807, 2.05) is 0 Å². The highest BCUT2D eigenvalue weighted by Gasteiger charge is 2.31. The summed E-state index contributed by atoms with van der Waals surface area (Å²) in [5.74, 6) is -0.865. The average molecular weight is 281 g/mol. The predicted molar refractivity (Wildman–Crippen MR) is 62.4 cm³/mol. The van der Waals surface area contributed by atoms with Gasteiger partial charge in [-0.2, -0.15) is 13.2 Å². The van der Waals surface area contributed by atoms with E-state index in [0.29, 0.717) is 4.90 Å². The maximum absolute atomic E-state index is 13.8. The Morgan fingerprint density at radius 2 is 1.95 bits per heavy atom. The Hall–Kier alpha value is -1.34. The molecule has 2 N–H and O–H groups in total. The molecule has 19 heavy (non-hydrogen) atoms. The van der Waals surface area contributed by atoms with Crippen LogP contribution in [0.25, 0.3) is 0 Å². The van der Waals surface area contributed by atoms with E-state index in [-0.39, 0.29) is 17.8 Å². The van der Waals surface area contributed by atoms with E-state index < -0.39 is 31.2 Å². The van der Waals surface area contributed by atoms with E-state index in [1.54, 1.807) is 0 Å². The fourth-order valence-electron chi connectivity index (χ4n) is 1.66. The number of benzene rings is 1. The third-order valence-electron chi connectivity index (χ3n) is 2.53. The highest BCUT2D eigenvalue weighted by atomic mass is 19.4. The first-order valence-electron chi connectivity index (χ1n) is 5.64. The topological polar surface area (TPSA) is 43.7 Å². The van der Waals surface area contributed by atoms with Crippen molar-refractivity contribution in [2.75, 3.05) is 24.6 Å². The first kappa shape index (κ1) is 15.7. The van der Waals surface area contributed by atoms with E-state index in [2.05, 4.69) is 0 Å². The molecule has 0 spiro atoms. The molecule has 3 nitrogen and oxygen atoms in total. The van der Waals surface area contributed by atoms with Gasteiger partial charge in [0.25, 0.3) is 0 Å². The second kappa shape index (κ2) is 6.21. The largest absolute Gasteiger partial charge is 0.405 e. The lowest BCUT2D eigenvalue weighted by Gasteiger charge is -2.26. The molecule has 108 valence electrons. The van der Waals surface area contributed by atoms with Crippen LogP contribution in [0.3, 0.4) is 0 Å². The van der Waals surface area contributed by atoms with Gasteiger partial charge in [-0.25, -0.2) is 4.39 Å². The Morgan fingerprint density at radius 3 is 2.37 bits per heavy atom. The van der Waals surface area contributed by atoms with Crippen molar-refractivity contribution in [3.05, 3.63) is 29.6 Å². The molecule has 0 saturated carbocycles. The second-order valence-electron chi connectivity index (χ2n) is 4.15. The van der Waals surface area contributed by atoms with Crippen LogP contribution >= 0.6 is 0 Å². The molecule has 1 aromatic carbocycles. The summed E-state index contributed by atoms with van der Waals surface area (Å²) in [6.07, 6.45) is -5.40. The maximum Gasteiger partial charge on any atom is 0.405 e. The van der Waals surface area contributed by atoms with Crippen LogP contribution in [0, 0.1) is 5.82 Å². The van der Waals surface area contributed by atoms with Gasteiger partial charge >= 0.3 is 6.18 Å². The summed E-state index contributed by atoms with van der Waals surface area (Å²) < 4.78 is 50.9.